The van der Waals surface area contributed by atoms with E-state index in [1.165, 1.54) is 224 Å². The third-order valence-electron chi connectivity index (χ3n) is 10.4. The maximum atomic E-state index is 12.4. The number of rotatable bonds is 44. The van der Waals surface area contributed by atoms with E-state index < -0.39 is 0 Å². The molecule has 5 heteroatoms. The lowest BCUT2D eigenvalue weighted by molar-refractivity contribution is -0.122. The van der Waals surface area contributed by atoms with E-state index in [4.69, 9.17) is 9.47 Å². The van der Waals surface area contributed by atoms with Crippen LogP contribution < -0.4 is 5.32 Å². The highest BCUT2D eigenvalue weighted by Crippen LogP contribution is 2.21. The monoisotopic (exact) mass is 726 g/mol. The fourth-order valence-corrected chi connectivity index (χ4v) is 8.21. The van der Waals surface area contributed by atoms with Gasteiger partial charge in [-0.25, -0.2) is 0 Å². The lowest BCUT2D eigenvalue weighted by Gasteiger charge is -2.18. The number of hydrogen-bond acceptors (Lipinski definition) is 4. The van der Waals surface area contributed by atoms with Crippen LogP contribution in [0, 0.1) is 0 Å². The summed E-state index contributed by atoms with van der Waals surface area (Å²) in [6.45, 7) is 7.02. The van der Waals surface area contributed by atoms with Crippen molar-refractivity contribution in [1.29, 1.82) is 0 Å². The van der Waals surface area contributed by atoms with Crippen molar-refractivity contribution in [3.63, 3.8) is 0 Å². The number of unbranched alkanes of at least 4 members (excludes halogenated alkanes) is 31. The molecule has 1 N–H and O–H groups in total. The molecule has 1 atom stereocenters. The Hall–Kier alpha value is -0.260. The van der Waals surface area contributed by atoms with E-state index in [0.29, 0.717) is 31.5 Å². The van der Waals surface area contributed by atoms with Gasteiger partial charge in [0.05, 0.1) is 19.8 Å². The van der Waals surface area contributed by atoms with Crippen LogP contribution in [-0.2, 0) is 14.3 Å². The van der Waals surface area contributed by atoms with Gasteiger partial charge in [-0.3, -0.25) is 4.79 Å². The third-order valence-corrected chi connectivity index (χ3v) is 11.8. The Morgan fingerprint density at radius 1 is 0.480 bits per heavy atom. The van der Waals surface area contributed by atoms with Crippen LogP contribution in [0.15, 0.2) is 0 Å². The average molecular weight is 726 g/mol. The van der Waals surface area contributed by atoms with Gasteiger partial charge in [0.1, 0.15) is 0 Å². The van der Waals surface area contributed by atoms with Gasteiger partial charge in [0.15, 0.2) is 0 Å². The van der Waals surface area contributed by atoms with Gasteiger partial charge >= 0.3 is 0 Å². The van der Waals surface area contributed by atoms with Crippen molar-refractivity contribution in [1.82, 2.24) is 5.32 Å². The van der Waals surface area contributed by atoms with Crippen molar-refractivity contribution >= 4 is 17.7 Å². The standard InChI is InChI=1S/C45H91NO3S/c1-4-6-8-10-12-14-16-18-20-22-23-25-27-29-31-33-35-37-44(43-46-45(47)38-39-49-41-40-48-3)50-42-36-34-32-30-28-26-24-21-19-17-15-13-11-9-7-5-2/h44H,4-43H2,1-3H3,(H,46,47). The van der Waals surface area contributed by atoms with Gasteiger partial charge in [0, 0.05) is 25.3 Å². The number of nitrogens with one attached hydrogen (secondary N) is 1. The molecule has 0 saturated carbocycles. The Morgan fingerprint density at radius 3 is 1.22 bits per heavy atom. The van der Waals surface area contributed by atoms with E-state index in [-0.39, 0.29) is 5.91 Å². The highest BCUT2D eigenvalue weighted by Gasteiger charge is 2.11. The lowest BCUT2D eigenvalue weighted by atomic mass is 10.0. The summed E-state index contributed by atoms with van der Waals surface area (Å²) in [6.07, 6.45) is 48.5. The summed E-state index contributed by atoms with van der Waals surface area (Å²) >= 11 is 2.11. The zero-order valence-electron chi connectivity index (χ0n) is 34.5. The number of carbonyl (C=O) groups excluding carboxylic acids is 1. The summed E-state index contributed by atoms with van der Waals surface area (Å²) in [4.78, 5) is 12.4. The minimum Gasteiger partial charge on any atom is -0.382 e. The molecule has 0 rings (SSSR count). The van der Waals surface area contributed by atoms with E-state index >= 15 is 0 Å². The average Bonchev–Trinajstić information content (AvgIpc) is 3.12. The second kappa shape index (κ2) is 44.9. The SMILES string of the molecule is CCCCCCCCCCCCCCCCCCCC(CNC(=O)CCOCCOC)SCCCCCCCCCCCCCCCCCC. The topological polar surface area (TPSA) is 47.6 Å². The van der Waals surface area contributed by atoms with Gasteiger partial charge in [-0.1, -0.05) is 219 Å². The molecule has 0 aromatic carbocycles. The number of ether oxygens (including phenoxy) is 2. The first kappa shape index (κ1) is 49.7. The van der Waals surface area contributed by atoms with Crippen LogP contribution in [0.25, 0.3) is 0 Å². The minimum atomic E-state index is 0.123. The first-order valence-corrected chi connectivity index (χ1v) is 23.7. The molecule has 0 saturated heterocycles. The van der Waals surface area contributed by atoms with Crippen LogP contribution >= 0.6 is 11.8 Å². The second-order valence-corrected chi connectivity index (χ2v) is 16.8. The molecule has 1 amide bonds. The summed E-state index contributed by atoms with van der Waals surface area (Å²) in [7, 11) is 1.67. The molecule has 0 fully saturated rings. The van der Waals surface area contributed by atoms with Crippen LogP contribution in [0.1, 0.15) is 239 Å². The summed E-state index contributed by atoms with van der Waals surface area (Å²) in [5.74, 6) is 1.36. The highest BCUT2D eigenvalue weighted by atomic mass is 32.2. The number of methoxy groups -OCH3 is 1. The van der Waals surface area contributed by atoms with Gasteiger partial charge in [0.2, 0.25) is 5.91 Å². The van der Waals surface area contributed by atoms with Crippen molar-refractivity contribution < 1.29 is 14.3 Å². The van der Waals surface area contributed by atoms with E-state index in [0.717, 1.165) is 6.54 Å². The Labute approximate surface area is 319 Å². The third kappa shape index (κ3) is 42.2. The maximum absolute atomic E-state index is 12.4. The molecule has 50 heavy (non-hydrogen) atoms. The number of amides is 1. The van der Waals surface area contributed by atoms with E-state index in [2.05, 4.69) is 30.9 Å². The molecular weight excluding hydrogens is 635 g/mol. The Balaban J connectivity index is 3.90. The predicted octanol–water partition coefficient (Wildman–Crippen LogP) is 14.6. The number of carbonyl (C=O) groups is 1. The van der Waals surface area contributed by atoms with Crippen molar-refractivity contribution in [2.24, 2.45) is 0 Å². The van der Waals surface area contributed by atoms with E-state index in [1.54, 1.807) is 7.11 Å². The quantitative estimate of drug-likeness (QED) is 0.0635. The molecule has 0 radical (unpaired) electrons. The minimum absolute atomic E-state index is 0.123. The van der Waals surface area contributed by atoms with Crippen molar-refractivity contribution in [2.45, 2.75) is 244 Å². The predicted molar refractivity (Wildman–Crippen MR) is 225 cm³/mol. The Kier molecular flexibility index (Phi) is 44.7. The Morgan fingerprint density at radius 2 is 0.840 bits per heavy atom. The molecule has 300 valence electrons. The zero-order valence-corrected chi connectivity index (χ0v) is 35.3. The van der Waals surface area contributed by atoms with Crippen LogP contribution in [0.3, 0.4) is 0 Å². The molecule has 1 unspecified atom stereocenters. The molecular formula is C45H91NO3S. The first-order chi connectivity index (χ1) is 24.7. The van der Waals surface area contributed by atoms with E-state index in [1.807, 2.05) is 0 Å². The van der Waals surface area contributed by atoms with Crippen LogP contribution in [0.4, 0.5) is 0 Å². The molecule has 0 heterocycles. The summed E-state index contributed by atoms with van der Waals surface area (Å²) < 4.78 is 10.5. The fraction of sp³-hybridized carbons (Fsp3) is 0.978. The number of hydrogen-bond donors (Lipinski definition) is 1. The normalized spacial score (nSPS) is 12.1. The zero-order chi connectivity index (χ0) is 36.3. The maximum Gasteiger partial charge on any atom is 0.222 e. The number of thioether (sulfide) groups is 1. The molecule has 0 spiro atoms. The highest BCUT2D eigenvalue weighted by molar-refractivity contribution is 7.99. The van der Waals surface area contributed by atoms with Gasteiger partial charge in [-0.2, -0.15) is 11.8 Å². The van der Waals surface area contributed by atoms with Crippen molar-refractivity contribution in [3.05, 3.63) is 0 Å². The van der Waals surface area contributed by atoms with Crippen LogP contribution in [0.5, 0.6) is 0 Å². The van der Waals surface area contributed by atoms with Gasteiger partial charge in [0.25, 0.3) is 0 Å². The fourth-order valence-electron chi connectivity index (χ4n) is 6.97. The molecule has 0 aromatic heterocycles. The molecule has 0 bridgehead atoms. The summed E-state index contributed by atoms with van der Waals surface area (Å²) in [5.41, 5.74) is 0. The van der Waals surface area contributed by atoms with Crippen molar-refractivity contribution in [2.75, 3.05) is 39.2 Å². The van der Waals surface area contributed by atoms with Crippen molar-refractivity contribution in [3.8, 4) is 0 Å². The van der Waals surface area contributed by atoms with Gasteiger partial charge in [-0.15, -0.1) is 0 Å². The molecule has 0 aliphatic heterocycles. The molecule has 0 aromatic rings. The molecule has 0 aliphatic rings. The molecule has 0 aliphatic carbocycles. The van der Waals surface area contributed by atoms with Gasteiger partial charge < -0.3 is 14.8 Å². The first-order valence-electron chi connectivity index (χ1n) is 22.7. The summed E-state index contributed by atoms with van der Waals surface area (Å²) in [5, 5.41) is 3.76. The van der Waals surface area contributed by atoms with Crippen LogP contribution in [-0.4, -0.2) is 50.4 Å². The lowest BCUT2D eigenvalue weighted by Crippen LogP contribution is -2.31. The van der Waals surface area contributed by atoms with E-state index in [9.17, 15) is 4.79 Å². The Bertz CT molecular complexity index is 595. The largest absolute Gasteiger partial charge is 0.382 e. The summed E-state index contributed by atoms with van der Waals surface area (Å²) in [6, 6.07) is 0. The van der Waals surface area contributed by atoms with Gasteiger partial charge in [-0.05, 0) is 18.6 Å². The smallest absolute Gasteiger partial charge is 0.222 e. The second-order valence-electron chi connectivity index (χ2n) is 15.4. The molecule has 4 nitrogen and oxygen atoms in total. The van der Waals surface area contributed by atoms with Crippen LogP contribution in [0.2, 0.25) is 0 Å².